The Morgan fingerprint density at radius 1 is 1.33 bits per heavy atom. The van der Waals surface area contributed by atoms with E-state index in [9.17, 15) is 8.42 Å². The lowest BCUT2D eigenvalue weighted by Crippen LogP contribution is -2.41. The molecule has 1 aliphatic rings. The number of aliphatic hydroxyl groups excluding tert-OH is 1. The first-order chi connectivity index (χ1) is 7.11. The van der Waals surface area contributed by atoms with Gasteiger partial charge in [0.05, 0.1) is 12.4 Å². The summed E-state index contributed by atoms with van der Waals surface area (Å²) in [6, 6.07) is 0.143. The molecule has 5 heteroatoms. The minimum Gasteiger partial charge on any atom is -0.395 e. The fourth-order valence-corrected chi connectivity index (χ4v) is 3.74. The molecule has 1 heterocycles. The average molecular weight is 235 g/mol. The summed E-state index contributed by atoms with van der Waals surface area (Å²) in [7, 11) is -3.23. The van der Waals surface area contributed by atoms with Crippen LogP contribution in [0, 0.1) is 0 Å². The molecule has 4 nitrogen and oxygen atoms in total. The van der Waals surface area contributed by atoms with E-state index in [1.54, 1.807) is 4.31 Å². The van der Waals surface area contributed by atoms with Gasteiger partial charge >= 0.3 is 0 Å². The molecular formula is C10H21NO3S. The summed E-state index contributed by atoms with van der Waals surface area (Å²) in [6.45, 7) is 2.37. The molecule has 1 rings (SSSR count). The number of hydrogen-bond acceptors (Lipinski definition) is 3. The normalized spacial score (nSPS) is 25.1. The summed E-state index contributed by atoms with van der Waals surface area (Å²) in [5, 5.41) is 8.76. The molecule has 0 aliphatic carbocycles. The Morgan fingerprint density at radius 2 is 2.07 bits per heavy atom. The largest absolute Gasteiger partial charge is 0.395 e. The Bertz CT molecular complexity index is 276. The van der Waals surface area contributed by atoms with Crippen LogP contribution < -0.4 is 0 Å². The quantitative estimate of drug-likeness (QED) is 0.789. The summed E-state index contributed by atoms with van der Waals surface area (Å²) in [5.41, 5.74) is 0. The van der Waals surface area contributed by atoms with Crippen molar-refractivity contribution in [3.8, 4) is 0 Å². The molecule has 0 aromatic carbocycles. The van der Waals surface area contributed by atoms with Crippen LogP contribution in [0.15, 0.2) is 0 Å². The number of hydrogen-bond donors (Lipinski definition) is 1. The predicted molar refractivity (Wildman–Crippen MR) is 60.1 cm³/mol. The van der Waals surface area contributed by atoms with Gasteiger partial charge in [0.1, 0.15) is 0 Å². The molecule has 1 saturated heterocycles. The van der Waals surface area contributed by atoms with E-state index in [-0.39, 0.29) is 18.4 Å². The average Bonchev–Trinajstić information content (AvgIpc) is 2.42. The van der Waals surface area contributed by atoms with Crippen LogP contribution in [0.3, 0.4) is 0 Å². The van der Waals surface area contributed by atoms with Crippen molar-refractivity contribution in [3.63, 3.8) is 0 Å². The maximum Gasteiger partial charge on any atom is 0.216 e. The Hall–Kier alpha value is -0.130. The Balaban J connectivity index is 2.78. The fraction of sp³-hybridized carbons (Fsp3) is 1.00. The van der Waals surface area contributed by atoms with Crippen molar-refractivity contribution in [1.29, 1.82) is 0 Å². The van der Waals surface area contributed by atoms with E-state index in [4.69, 9.17) is 5.11 Å². The van der Waals surface area contributed by atoms with Crippen LogP contribution in [0.1, 0.15) is 39.0 Å². The first-order valence-corrected chi connectivity index (χ1v) is 7.33. The molecule has 0 radical (unpaired) electrons. The highest BCUT2D eigenvalue weighted by atomic mass is 32.2. The molecule has 1 fully saturated rings. The van der Waals surface area contributed by atoms with Crippen LogP contribution in [0.25, 0.3) is 0 Å². The van der Waals surface area contributed by atoms with Gasteiger partial charge in [-0.3, -0.25) is 0 Å². The lowest BCUT2D eigenvalue weighted by atomic mass is 10.1. The van der Waals surface area contributed by atoms with Crippen LogP contribution in [0.2, 0.25) is 0 Å². The van der Waals surface area contributed by atoms with Gasteiger partial charge in [-0.15, -0.1) is 0 Å². The predicted octanol–water partition coefficient (Wildman–Crippen LogP) is 0.963. The molecule has 0 saturated carbocycles. The van der Waals surface area contributed by atoms with E-state index in [0.717, 1.165) is 32.1 Å². The Morgan fingerprint density at radius 3 is 2.67 bits per heavy atom. The highest BCUT2D eigenvalue weighted by Gasteiger charge is 2.29. The van der Waals surface area contributed by atoms with Crippen molar-refractivity contribution in [1.82, 2.24) is 4.31 Å². The van der Waals surface area contributed by atoms with Gasteiger partial charge in [-0.25, -0.2) is 8.42 Å². The molecule has 0 spiro atoms. The molecule has 15 heavy (non-hydrogen) atoms. The van der Waals surface area contributed by atoms with E-state index < -0.39 is 10.0 Å². The van der Waals surface area contributed by atoms with Crippen molar-refractivity contribution in [2.45, 2.75) is 45.1 Å². The molecule has 0 aromatic heterocycles. The van der Waals surface area contributed by atoms with Crippen LogP contribution in [0.5, 0.6) is 0 Å². The summed E-state index contributed by atoms with van der Waals surface area (Å²) >= 11 is 0. The molecule has 1 atom stereocenters. The third kappa shape index (κ3) is 3.43. The maximum absolute atomic E-state index is 11.9. The van der Waals surface area contributed by atoms with E-state index in [1.165, 1.54) is 0 Å². The molecule has 0 bridgehead atoms. The molecule has 0 amide bonds. The smallest absolute Gasteiger partial charge is 0.216 e. The number of nitrogens with zero attached hydrogens (tertiary/aromatic N) is 1. The van der Waals surface area contributed by atoms with E-state index >= 15 is 0 Å². The standard InChI is InChI=1S/C10H21NO3S/c1-2-10-6-4-3-5-7-11(10)15(13,14)9-8-12/h10,12H,2-9H2,1H3. The second-order valence-corrected chi connectivity index (χ2v) is 6.10. The zero-order chi connectivity index (χ0) is 11.3. The van der Waals surface area contributed by atoms with Crippen molar-refractivity contribution < 1.29 is 13.5 Å². The SMILES string of the molecule is CCC1CCCCCN1S(=O)(=O)CCO. The topological polar surface area (TPSA) is 57.6 Å². The van der Waals surface area contributed by atoms with Gasteiger partial charge in [-0.2, -0.15) is 4.31 Å². The summed E-state index contributed by atoms with van der Waals surface area (Å²) in [4.78, 5) is 0. The number of rotatable bonds is 4. The van der Waals surface area contributed by atoms with Crippen LogP contribution in [-0.4, -0.2) is 42.8 Å². The fourth-order valence-electron chi connectivity index (χ4n) is 2.16. The van der Waals surface area contributed by atoms with Crippen LogP contribution in [0.4, 0.5) is 0 Å². The second-order valence-electron chi connectivity index (χ2n) is 4.06. The number of sulfonamides is 1. The van der Waals surface area contributed by atoms with Crippen molar-refractivity contribution in [2.75, 3.05) is 18.9 Å². The zero-order valence-electron chi connectivity index (χ0n) is 9.35. The summed E-state index contributed by atoms with van der Waals surface area (Å²) in [6.07, 6.45) is 5.00. The zero-order valence-corrected chi connectivity index (χ0v) is 10.2. The monoisotopic (exact) mass is 235 g/mol. The van der Waals surface area contributed by atoms with Gasteiger partial charge < -0.3 is 5.11 Å². The molecule has 0 aromatic rings. The first-order valence-electron chi connectivity index (χ1n) is 5.72. The molecule has 1 unspecified atom stereocenters. The van der Waals surface area contributed by atoms with E-state index in [0.29, 0.717) is 6.54 Å². The van der Waals surface area contributed by atoms with Crippen LogP contribution >= 0.6 is 0 Å². The third-order valence-electron chi connectivity index (χ3n) is 3.00. The molecular weight excluding hydrogens is 214 g/mol. The summed E-state index contributed by atoms with van der Waals surface area (Å²) < 4.78 is 25.4. The minimum absolute atomic E-state index is 0.135. The van der Waals surface area contributed by atoms with Gasteiger partial charge in [-0.1, -0.05) is 19.8 Å². The molecule has 1 aliphatic heterocycles. The maximum atomic E-state index is 11.9. The highest BCUT2D eigenvalue weighted by molar-refractivity contribution is 7.89. The van der Waals surface area contributed by atoms with Gasteiger partial charge in [0.2, 0.25) is 10.0 Å². The lowest BCUT2D eigenvalue weighted by molar-refractivity contribution is 0.295. The molecule has 90 valence electrons. The Kier molecular flexibility index (Phi) is 5.02. The van der Waals surface area contributed by atoms with Crippen molar-refractivity contribution in [3.05, 3.63) is 0 Å². The van der Waals surface area contributed by atoms with Crippen molar-refractivity contribution >= 4 is 10.0 Å². The minimum atomic E-state index is -3.23. The highest BCUT2D eigenvalue weighted by Crippen LogP contribution is 2.22. The van der Waals surface area contributed by atoms with Gasteiger partial charge in [0.25, 0.3) is 0 Å². The van der Waals surface area contributed by atoms with E-state index in [1.807, 2.05) is 6.92 Å². The van der Waals surface area contributed by atoms with Gasteiger partial charge in [0, 0.05) is 12.6 Å². The number of aliphatic hydroxyl groups is 1. The first kappa shape index (κ1) is 12.9. The van der Waals surface area contributed by atoms with Crippen molar-refractivity contribution in [2.24, 2.45) is 0 Å². The Labute approximate surface area is 92.3 Å². The third-order valence-corrected chi connectivity index (χ3v) is 4.89. The molecule has 1 N–H and O–H groups in total. The van der Waals surface area contributed by atoms with Gasteiger partial charge in [-0.05, 0) is 19.3 Å². The van der Waals surface area contributed by atoms with E-state index in [2.05, 4.69) is 0 Å². The second kappa shape index (κ2) is 5.82. The van der Waals surface area contributed by atoms with Crippen LogP contribution in [-0.2, 0) is 10.0 Å². The lowest BCUT2D eigenvalue weighted by Gasteiger charge is -2.27. The summed E-state index contributed by atoms with van der Waals surface area (Å²) in [5.74, 6) is -0.135. The van der Waals surface area contributed by atoms with Gasteiger partial charge in [0.15, 0.2) is 0 Å².